The molecular formula is C38H56F2O3. The lowest BCUT2D eigenvalue weighted by molar-refractivity contribution is -0.158. The molecule has 0 heterocycles. The smallest absolute Gasteiger partial charge is 0.341 e. The van der Waals surface area contributed by atoms with E-state index in [9.17, 15) is 14.3 Å². The fraction of sp³-hybridized carbons (Fsp3) is 0.658. The van der Waals surface area contributed by atoms with E-state index < -0.39 is 11.6 Å². The Morgan fingerprint density at radius 3 is 2.07 bits per heavy atom. The van der Waals surface area contributed by atoms with Crippen LogP contribution in [0, 0.1) is 17.7 Å². The van der Waals surface area contributed by atoms with Crippen molar-refractivity contribution in [1.29, 1.82) is 0 Å². The molecule has 0 saturated heterocycles. The molecule has 240 valence electrons. The molecule has 2 atom stereocenters. The van der Waals surface area contributed by atoms with Gasteiger partial charge in [0.15, 0.2) is 11.6 Å². The van der Waals surface area contributed by atoms with Gasteiger partial charge >= 0.3 is 5.97 Å². The Morgan fingerprint density at radius 1 is 0.884 bits per heavy atom. The number of benzene rings is 2. The second-order valence-electron chi connectivity index (χ2n) is 12.9. The van der Waals surface area contributed by atoms with Crippen molar-refractivity contribution >= 4 is 5.97 Å². The summed E-state index contributed by atoms with van der Waals surface area (Å²) in [7, 11) is 0. The van der Waals surface area contributed by atoms with Crippen LogP contribution in [0.4, 0.5) is 8.78 Å². The van der Waals surface area contributed by atoms with E-state index in [4.69, 9.17) is 4.74 Å². The SMILES string of the molecule is CCCCCCCCCCCCOc1ccc(-c2ccc(CCC(CC)C[C@@](F)(C(=O)O)C3CCCCC3)cc2)cc1F. The van der Waals surface area contributed by atoms with E-state index in [1.54, 1.807) is 6.07 Å². The van der Waals surface area contributed by atoms with Gasteiger partial charge < -0.3 is 9.84 Å². The number of unbranched alkanes of at least 4 members (excludes halogenated alkanes) is 9. The van der Waals surface area contributed by atoms with Gasteiger partial charge in [0, 0.05) is 5.92 Å². The Labute approximate surface area is 259 Å². The molecule has 1 aliphatic carbocycles. The second kappa shape index (κ2) is 19.1. The van der Waals surface area contributed by atoms with E-state index in [0.717, 1.165) is 68.1 Å². The van der Waals surface area contributed by atoms with Gasteiger partial charge in [0.05, 0.1) is 6.61 Å². The number of carboxylic acids is 1. The molecule has 0 amide bonds. The first-order chi connectivity index (χ1) is 20.9. The van der Waals surface area contributed by atoms with E-state index in [0.29, 0.717) is 25.2 Å². The zero-order chi connectivity index (χ0) is 30.9. The van der Waals surface area contributed by atoms with Gasteiger partial charge in [-0.1, -0.05) is 128 Å². The molecule has 1 fully saturated rings. The molecule has 1 aliphatic rings. The Morgan fingerprint density at radius 2 is 1.49 bits per heavy atom. The topological polar surface area (TPSA) is 46.5 Å². The monoisotopic (exact) mass is 598 g/mol. The standard InChI is InChI=1S/C38H56F2O3/c1-3-5-6-7-8-9-10-11-12-16-27-43-36-26-25-33(28-35(36)39)32-23-21-31(22-24-32)20-19-30(4-2)29-38(40,37(41)42)34-17-14-13-15-18-34/h21-26,28,30,34H,3-20,27,29H2,1-2H3,(H,41,42)/t30?,38-/m0/s1. The molecule has 0 radical (unpaired) electrons. The number of hydrogen-bond acceptors (Lipinski definition) is 2. The molecule has 3 rings (SSSR count). The summed E-state index contributed by atoms with van der Waals surface area (Å²) in [5.74, 6) is -1.68. The number of aliphatic carboxylic acids is 1. The van der Waals surface area contributed by atoms with Crippen molar-refractivity contribution in [2.24, 2.45) is 11.8 Å². The fourth-order valence-electron chi connectivity index (χ4n) is 6.66. The third kappa shape index (κ3) is 11.5. The number of carbonyl (C=O) groups is 1. The van der Waals surface area contributed by atoms with Crippen molar-refractivity contribution in [2.45, 2.75) is 142 Å². The highest BCUT2D eigenvalue weighted by Gasteiger charge is 2.47. The first-order valence-electron chi connectivity index (χ1n) is 17.3. The highest BCUT2D eigenvalue weighted by Crippen LogP contribution is 2.41. The maximum Gasteiger partial charge on any atom is 0.341 e. The molecule has 43 heavy (non-hydrogen) atoms. The van der Waals surface area contributed by atoms with Crippen LogP contribution in [0.15, 0.2) is 42.5 Å². The predicted octanol–water partition coefficient (Wildman–Crippen LogP) is 11.5. The van der Waals surface area contributed by atoms with E-state index in [1.165, 1.54) is 57.4 Å². The molecule has 0 bridgehead atoms. The molecule has 1 unspecified atom stereocenters. The van der Waals surface area contributed by atoms with Gasteiger partial charge in [0.25, 0.3) is 0 Å². The van der Waals surface area contributed by atoms with Gasteiger partial charge in [-0.2, -0.15) is 0 Å². The minimum atomic E-state index is -2.13. The molecular weight excluding hydrogens is 542 g/mol. The van der Waals surface area contributed by atoms with Crippen LogP contribution in [-0.4, -0.2) is 23.4 Å². The largest absolute Gasteiger partial charge is 0.491 e. The van der Waals surface area contributed by atoms with Crippen molar-refractivity contribution in [2.75, 3.05) is 6.61 Å². The lowest BCUT2D eigenvalue weighted by Gasteiger charge is -2.35. The number of carboxylic acid groups (broad SMARTS) is 1. The van der Waals surface area contributed by atoms with Crippen molar-refractivity contribution in [3.63, 3.8) is 0 Å². The molecule has 2 aromatic rings. The van der Waals surface area contributed by atoms with Crippen LogP contribution in [0.3, 0.4) is 0 Å². The van der Waals surface area contributed by atoms with E-state index in [1.807, 2.05) is 37.3 Å². The molecule has 3 nitrogen and oxygen atoms in total. The van der Waals surface area contributed by atoms with Crippen molar-refractivity contribution in [1.82, 2.24) is 0 Å². The molecule has 2 aromatic carbocycles. The Bertz CT molecular complexity index is 1060. The minimum absolute atomic E-state index is 0.0182. The zero-order valence-corrected chi connectivity index (χ0v) is 26.9. The number of hydrogen-bond donors (Lipinski definition) is 1. The second-order valence-corrected chi connectivity index (χ2v) is 12.9. The summed E-state index contributed by atoms with van der Waals surface area (Å²) in [4.78, 5) is 12.0. The van der Waals surface area contributed by atoms with Crippen molar-refractivity contribution < 1.29 is 23.4 Å². The Balaban J connectivity index is 1.42. The van der Waals surface area contributed by atoms with Gasteiger partial charge in [0.2, 0.25) is 5.67 Å². The number of alkyl halides is 1. The summed E-state index contributed by atoms with van der Waals surface area (Å²) in [5, 5.41) is 9.80. The first kappa shape index (κ1) is 35.1. The van der Waals surface area contributed by atoms with E-state index in [2.05, 4.69) is 6.92 Å². The first-order valence-corrected chi connectivity index (χ1v) is 17.3. The third-order valence-electron chi connectivity index (χ3n) is 9.59. The summed E-state index contributed by atoms with van der Waals surface area (Å²) in [6.07, 6.45) is 19.2. The molecule has 0 aliphatic heterocycles. The highest BCUT2D eigenvalue weighted by molar-refractivity contribution is 5.77. The summed E-state index contributed by atoms with van der Waals surface area (Å²) in [6.45, 7) is 4.81. The van der Waals surface area contributed by atoms with Crippen LogP contribution in [0.5, 0.6) is 5.75 Å². The van der Waals surface area contributed by atoms with Crippen LogP contribution < -0.4 is 4.74 Å². The highest BCUT2D eigenvalue weighted by atomic mass is 19.1. The zero-order valence-electron chi connectivity index (χ0n) is 26.9. The number of rotatable bonds is 21. The van der Waals surface area contributed by atoms with Crippen LogP contribution in [-0.2, 0) is 11.2 Å². The van der Waals surface area contributed by atoms with Crippen molar-refractivity contribution in [3.8, 4) is 16.9 Å². The summed E-state index contributed by atoms with van der Waals surface area (Å²) < 4.78 is 36.3. The number of halogens is 2. The van der Waals surface area contributed by atoms with Gasteiger partial charge in [-0.25, -0.2) is 13.6 Å². The van der Waals surface area contributed by atoms with Gasteiger partial charge in [0.1, 0.15) is 0 Å². The summed E-state index contributed by atoms with van der Waals surface area (Å²) in [6, 6.07) is 13.2. The number of ether oxygens (including phenoxy) is 1. The Kier molecular flexibility index (Phi) is 15.5. The van der Waals surface area contributed by atoms with Crippen LogP contribution in [0.25, 0.3) is 11.1 Å². The predicted molar refractivity (Wildman–Crippen MR) is 174 cm³/mol. The quantitative estimate of drug-likeness (QED) is 0.145. The average molecular weight is 599 g/mol. The van der Waals surface area contributed by atoms with Crippen LogP contribution >= 0.6 is 0 Å². The molecule has 0 spiro atoms. The van der Waals surface area contributed by atoms with Gasteiger partial charge in [-0.3, -0.25) is 0 Å². The molecule has 5 heteroatoms. The molecule has 1 saturated carbocycles. The number of aryl methyl sites for hydroxylation is 1. The van der Waals surface area contributed by atoms with Crippen molar-refractivity contribution in [3.05, 3.63) is 53.8 Å². The molecule has 0 aromatic heterocycles. The maximum absolute atomic E-state index is 15.8. The third-order valence-corrected chi connectivity index (χ3v) is 9.59. The van der Waals surface area contributed by atoms with Gasteiger partial charge in [-0.05, 0) is 73.3 Å². The average Bonchev–Trinajstić information content (AvgIpc) is 3.03. The van der Waals surface area contributed by atoms with E-state index in [-0.39, 0.29) is 24.1 Å². The minimum Gasteiger partial charge on any atom is -0.491 e. The fourth-order valence-corrected chi connectivity index (χ4v) is 6.66. The molecule has 1 N–H and O–H groups in total. The Hall–Kier alpha value is -2.43. The maximum atomic E-state index is 15.8. The summed E-state index contributed by atoms with van der Waals surface area (Å²) >= 11 is 0. The van der Waals surface area contributed by atoms with Crippen LogP contribution in [0.1, 0.15) is 135 Å². The van der Waals surface area contributed by atoms with Crippen LogP contribution in [0.2, 0.25) is 0 Å². The lowest BCUT2D eigenvalue weighted by atomic mass is 9.73. The lowest BCUT2D eigenvalue weighted by Crippen LogP contribution is -2.44. The summed E-state index contributed by atoms with van der Waals surface area (Å²) in [5.41, 5.74) is 0.731. The van der Waals surface area contributed by atoms with Gasteiger partial charge in [-0.15, -0.1) is 0 Å². The normalized spacial score (nSPS) is 16.1. The van der Waals surface area contributed by atoms with E-state index >= 15 is 4.39 Å².